The quantitative estimate of drug-likeness (QED) is 0.428. The first kappa shape index (κ1) is 15.8. The van der Waals surface area contributed by atoms with Crippen molar-refractivity contribution in [1.29, 1.82) is 0 Å². The Morgan fingerprint density at radius 2 is 1.86 bits per heavy atom. The van der Waals surface area contributed by atoms with Crippen LogP contribution in [-0.4, -0.2) is 39.5 Å². The van der Waals surface area contributed by atoms with Crippen molar-refractivity contribution < 1.29 is 19.0 Å². The second-order valence-corrected chi connectivity index (χ2v) is 5.30. The highest BCUT2D eigenvalue weighted by molar-refractivity contribution is 5.86. The van der Waals surface area contributed by atoms with Crippen LogP contribution < -0.4 is 5.73 Å². The van der Waals surface area contributed by atoms with Gasteiger partial charge in [-0.3, -0.25) is 4.79 Å². The Morgan fingerprint density at radius 3 is 2.48 bits per heavy atom. The predicted octanol–water partition coefficient (Wildman–Crippen LogP) is 1.90. The van der Waals surface area contributed by atoms with Gasteiger partial charge in [0, 0.05) is 25.8 Å². The molecule has 0 atom stereocenters. The summed E-state index contributed by atoms with van der Waals surface area (Å²) in [6.45, 7) is 2.12. The first-order valence-corrected chi connectivity index (χ1v) is 7.29. The van der Waals surface area contributed by atoms with Crippen LogP contribution in [-0.2, 0) is 24.4 Å². The van der Waals surface area contributed by atoms with E-state index in [0.717, 1.165) is 18.4 Å². The zero-order valence-corrected chi connectivity index (χ0v) is 12.5. The second kappa shape index (κ2) is 7.43. The van der Waals surface area contributed by atoms with Crippen LogP contribution in [0.3, 0.4) is 0 Å². The molecule has 1 aromatic carbocycles. The Bertz CT molecular complexity index is 454. The number of ether oxygens (including phenoxy) is 3. The lowest BCUT2D eigenvalue weighted by Gasteiger charge is -2.15. The highest BCUT2D eigenvalue weighted by atomic mass is 16.5. The van der Waals surface area contributed by atoms with E-state index >= 15 is 0 Å². The molecule has 0 aliphatic heterocycles. The lowest BCUT2D eigenvalue weighted by atomic mass is 9.96. The van der Waals surface area contributed by atoms with E-state index in [4.69, 9.17) is 19.9 Å². The van der Waals surface area contributed by atoms with Gasteiger partial charge in [0.05, 0.1) is 25.2 Å². The fourth-order valence-corrected chi connectivity index (χ4v) is 2.25. The lowest BCUT2D eigenvalue weighted by molar-refractivity contribution is -0.147. The molecule has 1 fully saturated rings. The van der Waals surface area contributed by atoms with Crippen molar-refractivity contribution >= 4 is 11.7 Å². The molecule has 1 aliphatic carbocycles. The van der Waals surface area contributed by atoms with Crippen LogP contribution in [0, 0.1) is 0 Å². The summed E-state index contributed by atoms with van der Waals surface area (Å²) in [5.41, 5.74) is 6.94. The van der Waals surface area contributed by atoms with Crippen molar-refractivity contribution in [2.75, 3.05) is 39.3 Å². The average molecular weight is 293 g/mol. The molecule has 1 aromatic rings. The van der Waals surface area contributed by atoms with Crippen LogP contribution >= 0.6 is 0 Å². The van der Waals surface area contributed by atoms with Gasteiger partial charge in [0.2, 0.25) is 0 Å². The molecule has 0 heterocycles. The molecule has 21 heavy (non-hydrogen) atoms. The summed E-state index contributed by atoms with van der Waals surface area (Å²) < 4.78 is 15.6. The summed E-state index contributed by atoms with van der Waals surface area (Å²) in [5.74, 6) is -0.135. The summed E-state index contributed by atoms with van der Waals surface area (Å²) in [6, 6.07) is 7.48. The fourth-order valence-electron chi connectivity index (χ4n) is 2.25. The van der Waals surface area contributed by atoms with Gasteiger partial charge in [-0.05, 0) is 30.5 Å². The van der Waals surface area contributed by atoms with Crippen LogP contribution in [0.15, 0.2) is 24.3 Å². The number of hydrogen-bond donors (Lipinski definition) is 1. The van der Waals surface area contributed by atoms with E-state index < -0.39 is 5.41 Å². The third-order valence-corrected chi connectivity index (χ3v) is 3.70. The molecule has 0 radical (unpaired) electrons. The zero-order chi connectivity index (χ0) is 15.1. The number of nitrogen functional groups attached to an aromatic ring is 1. The van der Waals surface area contributed by atoms with Crippen molar-refractivity contribution in [3.05, 3.63) is 29.8 Å². The molecule has 0 unspecified atom stereocenters. The third kappa shape index (κ3) is 4.19. The van der Waals surface area contributed by atoms with Crippen molar-refractivity contribution in [3.8, 4) is 0 Å². The molecule has 0 spiro atoms. The SMILES string of the molecule is COCCOCCCOC(=O)C1(c2ccc(N)cc2)CC1. The van der Waals surface area contributed by atoms with Gasteiger partial charge in [-0.2, -0.15) is 0 Å². The maximum absolute atomic E-state index is 12.2. The van der Waals surface area contributed by atoms with E-state index in [9.17, 15) is 4.79 Å². The van der Waals surface area contributed by atoms with Gasteiger partial charge >= 0.3 is 5.97 Å². The average Bonchev–Trinajstić information content (AvgIpc) is 3.28. The molecule has 0 amide bonds. The Morgan fingerprint density at radius 1 is 1.14 bits per heavy atom. The number of nitrogens with two attached hydrogens (primary N) is 1. The standard InChI is InChI=1S/C16H23NO4/c1-19-11-12-20-9-2-10-21-15(18)16(7-8-16)13-3-5-14(17)6-4-13/h3-6H,2,7-12,17H2,1H3. The molecule has 2 N–H and O–H groups in total. The second-order valence-electron chi connectivity index (χ2n) is 5.30. The minimum atomic E-state index is -0.440. The summed E-state index contributed by atoms with van der Waals surface area (Å²) in [5, 5.41) is 0. The molecule has 0 saturated heterocycles. The number of carbonyl (C=O) groups is 1. The minimum absolute atomic E-state index is 0.135. The van der Waals surface area contributed by atoms with Gasteiger partial charge in [-0.15, -0.1) is 0 Å². The number of benzene rings is 1. The molecular formula is C16H23NO4. The molecule has 1 saturated carbocycles. The molecular weight excluding hydrogens is 270 g/mol. The third-order valence-electron chi connectivity index (χ3n) is 3.70. The van der Waals surface area contributed by atoms with Gasteiger partial charge in [-0.25, -0.2) is 0 Å². The maximum atomic E-state index is 12.2. The smallest absolute Gasteiger partial charge is 0.316 e. The van der Waals surface area contributed by atoms with E-state index in [1.807, 2.05) is 24.3 Å². The van der Waals surface area contributed by atoms with Crippen molar-refractivity contribution in [2.24, 2.45) is 0 Å². The van der Waals surface area contributed by atoms with E-state index in [2.05, 4.69) is 0 Å². The molecule has 116 valence electrons. The van der Waals surface area contributed by atoms with E-state index in [0.29, 0.717) is 38.5 Å². The number of carbonyl (C=O) groups excluding carboxylic acids is 1. The molecule has 5 heteroatoms. The van der Waals surface area contributed by atoms with Crippen LogP contribution in [0.5, 0.6) is 0 Å². The Hall–Kier alpha value is -1.59. The van der Waals surface area contributed by atoms with Gasteiger partial charge < -0.3 is 19.9 Å². The van der Waals surface area contributed by atoms with E-state index in [-0.39, 0.29) is 5.97 Å². The van der Waals surface area contributed by atoms with E-state index in [1.54, 1.807) is 7.11 Å². The summed E-state index contributed by atoms with van der Waals surface area (Å²) in [6.07, 6.45) is 2.40. The zero-order valence-electron chi connectivity index (χ0n) is 12.5. The molecule has 0 bridgehead atoms. The summed E-state index contributed by atoms with van der Waals surface area (Å²) in [7, 11) is 1.64. The Balaban J connectivity index is 1.72. The first-order chi connectivity index (χ1) is 10.2. The van der Waals surface area contributed by atoms with Gasteiger partial charge in [0.15, 0.2) is 0 Å². The van der Waals surface area contributed by atoms with Gasteiger partial charge in [-0.1, -0.05) is 12.1 Å². The molecule has 1 aliphatic rings. The predicted molar refractivity (Wildman–Crippen MR) is 80.0 cm³/mol. The molecule has 2 rings (SSSR count). The summed E-state index contributed by atoms with van der Waals surface area (Å²) >= 11 is 0. The number of anilines is 1. The topological polar surface area (TPSA) is 70.8 Å². The van der Waals surface area contributed by atoms with Crippen LogP contribution in [0.25, 0.3) is 0 Å². The summed E-state index contributed by atoms with van der Waals surface area (Å²) in [4.78, 5) is 12.2. The van der Waals surface area contributed by atoms with Gasteiger partial charge in [0.1, 0.15) is 0 Å². The lowest BCUT2D eigenvalue weighted by Crippen LogP contribution is -2.24. The van der Waals surface area contributed by atoms with Crippen LogP contribution in [0.1, 0.15) is 24.8 Å². The van der Waals surface area contributed by atoms with E-state index in [1.165, 1.54) is 0 Å². The molecule has 5 nitrogen and oxygen atoms in total. The number of methoxy groups -OCH3 is 1. The van der Waals surface area contributed by atoms with Crippen LogP contribution in [0.4, 0.5) is 5.69 Å². The minimum Gasteiger partial charge on any atom is -0.465 e. The Labute approximate surface area is 125 Å². The first-order valence-electron chi connectivity index (χ1n) is 7.29. The highest BCUT2D eigenvalue weighted by Crippen LogP contribution is 2.49. The van der Waals surface area contributed by atoms with Crippen molar-refractivity contribution in [1.82, 2.24) is 0 Å². The van der Waals surface area contributed by atoms with Crippen LogP contribution in [0.2, 0.25) is 0 Å². The Kier molecular flexibility index (Phi) is 5.59. The normalized spacial score (nSPS) is 15.7. The largest absolute Gasteiger partial charge is 0.465 e. The van der Waals surface area contributed by atoms with Crippen molar-refractivity contribution in [2.45, 2.75) is 24.7 Å². The van der Waals surface area contributed by atoms with Gasteiger partial charge in [0.25, 0.3) is 0 Å². The van der Waals surface area contributed by atoms with Crippen molar-refractivity contribution in [3.63, 3.8) is 0 Å². The monoisotopic (exact) mass is 293 g/mol. The number of hydrogen-bond acceptors (Lipinski definition) is 5. The molecule has 0 aromatic heterocycles. The number of rotatable bonds is 9. The maximum Gasteiger partial charge on any atom is 0.316 e. The number of esters is 1. The fraction of sp³-hybridized carbons (Fsp3) is 0.562. The highest BCUT2D eigenvalue weighted by Gasteiger charge is 2.52.